The van der Waals surface area contributed by atoms with Crippen LogP contribution in [0.4, 0.5) is 5.69 Å². The van der Waals surface area contributed by atoms with Crippen LogP contribution in [-0.2, 0) is 7.05 Å². The summed E-state index contributed by atoms with van der Waals surface area (Å²) in [5.74, 6) is 0.882. The molecule has 8 heteroatoms. The average molecular weight is 401 g/mol. The second kappa shape index (κ2) is 8.04. The van der Waals surface area contributed by atoms with Crippen LogP contribution < -0.4 is 15.6 Å². The molecule has 4 aromatic rings. The Morgan fingerprint density at radius 2 is 2.00 bits per heavy atom. The van der Waals surface area contributed by atoms with E-state index in [0.717, 1.165) is 11.1 Å². The van der Waals surface area contributed by atoms with Crippen molar-refractivity contribution in [3.63, 3.8) is 0 Å². The maximum absolute atomic E-state index is 12.5. The second-order valence-corrected chi connectivity index (χ2v) is 6.77. The van der Waals surface area contributed by atoms with E-state index in [1.54, 1.807) is 31.7 Å². The molecular weight excluding hydrogens is 382 g/mol. The van der Waals surface area contributed by atoms with Gasteiger partial charge in [-0.3, -0.25) is 9.59 Å². The number of carbonyl (C=O) groups is 1. The molecule has 0 aliphatic heterocycles. The summed E-state index contributed by atoms with van der Waals surface area (Å²) in [6.07, 6.45) is 4.82. The van der Waals surface area contributed by atoms with E-state index in [-0.39, 0.29) is 11.4 Å². The number of pyridine rings is 2. The monoisotopic (exact) mass is 401 g/mol. The van der Waals surface area contributed by atoms with Gasteiger partial charge in [0.1, 0.15) is 5.75 Å². The Labute approximate surface area is 172 Å². The van der Waals surface area contributed by atoms with Crippen LogP contribution in [0, 0.1) is 6.92 Å². The summed E-state index contributed by atoms with van der Waals surface area (Å²) >= 11 is 0. The number of nitrogens with zero attached hydrogens (tertiary/aromatic N) is 3. The fourth-order valence-electron chi connectivity index (χ4n) is 2.85. The molecule has 0 unspecified atom stereocenters. The van der Waals surface area contributed by atoms with Gasteiger partial charge in [-0.05, 0) is 36.8 Å². The summed E-state index contributed by atoms with van der Waals surface area (Å²) in [4.78, 5) is 35.3. The first-order valence-electron chi connectivity index (χ1n) is 9.22. The maximum atomic E-state index is 12.5. The summed E-state index contributed by atoms with van der Waals surface area (Å²) in [6, 6.07) is 14.1. The second-order valence-electron chi connectivity index (χ2n) is 6.77. The number of hydrogen-bond acceptors (Lipinski definition) is 5. The number of aromatic nitrogens is 4. The van der Waals surface area contributed by atoms with Crippen LogP contribution in [0.25, 0.3) is 11.3 Å². The summed E-state index contributed by atoms with van der Waals surface area (Å²) in [5, 5.41) is 2.72. The Kier molecular flexibility index (Phi) is 5.13. The van der Waals surface area contributed by atoms with Crippen molar-refractivity contribution in [3.05, 3.63) is 88.9 Å². The van der Waals surface area contributed by atoms with E-state index in [0.29, 0.717) is 23.0 Å². The van der Waals surface area contributed by atoms with Crippen LogP contribution in [0.2, 0.25) is 0 Å². The van der Waals surface area contributed by atoms with Crippen LogP contribution in [0.3, 0.4) is 0 Å². The van der Waals surface area contributed by atoms with Crippen LogP contribution in [0.1, 0.15) is 16.2 Å². The minimum absolute atomic E-state index is 0.156. The summed E-state index contributed by atoms with van der Waals surface area (Å²) in [5.41, 5.74) is 2.88. The lowest BCUT2D eigenvalue weighted by molar-refractivity contribution is 0.101. The Bertz CT molecular complexity index is 1280. The molecule has 8 nitrogen and oxygen atoms in total. The number of carbonyl (C=O) groups excluding carboxylic acids is 1. The molecule has 4 rings (SSSR count). The zero-order valence-corrected chi connectivity index (χ0v) is 16.4. The molecule has 0 radical (unpaired) electrons. The number of hydrogen-bond donors (Lipinski definition) is 2. The standard InChI is InChI=1S/C22H19N5O3/c1-14-8-9-23-19(10-14)30-17-5-3-4-15(11-17)18-12-24-21(26-18)22(29)25-16-6-7-20(28)27(2)13-16/h3-13H,1-2H3,(H,24,26)(H,25,29). The molecule has 3 aromatic heterocycles. The van der Waals surface area contributed by atoms with Crippen molar-refractivity contribution < 1.29 is 9.53 Å². The van der Waals surface area contributed by atoms with E-state index in [2.05, 4.69) is 20.3 Å². The van der Waals surface area contributed by atoms with Crippen molar-refractivity contribution in [1.82, 2.24) is 19.5 Å². The number of rotatable bonds is 5. The molecule has 0 aliphatic carbocycles. The number of nitrogens with one attached hydrogen (secondary N) is 2. The van der Waals surface area contributed by atoms with Crippen molar-refractivity contribution >= 4 is 11.6 Å². The third-order valence-electron chi connectivity index (χ3n) is 4.39. The van der Waals surface area contributed by atoms with Gasteiger partial charge in [-0.2, -0.15) is 0 Å². The molecule has 150 valence electrons. The van der Waals surface area contributed by atoms with E-state index in [4.69, 9.17) is 4.74 Å². The lowest BCUT2D eigenvalue weighted by atomic mass is 10.1. The van der Waals surface area contributed by atoms with Gasteiger partial charge < -0.3 is 19.6 Å². The highest BCUT2D eigenvalue weighted by Crippen LogP contribution is 2.26. The summed E-state index contributed by atoms with van der Waals surface area (Å²) < 4.78 is 7.21. The number of H-pyrrole nitrogens is 1. The van der Waals surface area contributed by atoms with Crippen molar-refractivity contribution in [2.75, 3.05) is 5.32 Å². The minimum Gasteiger partial charge on any atom is -0.439 e. The number of benzene rings is 1. The number of imidazole rings is 1. The quantitative estimate of drug-likeness (QED) is 0.533. The van der Waals surface area contributed by atoms with Crippen LogP contribution in [0.5, 0.6) is 11.6 Å². The van der Waals surface area contributed by atoms with E-state index >= 15 is 0 Å². The molecule has 0 bridgehead atoms. The van der Waals surface area contributed by atoms with Crippen molar-refractivity contribution in [1.29, 1.82) is 0 Å². The SMILES string of the molecule is Cc1ccnc(Oc2cccc(-c3cnc(C(=O)Nc4ccc(=O)n(C)c4)[nH]3)c2)c1. The Morgan fingerprint density at radius 3 is 2.80 bits per heavy atom. The number of aromatic amines is 1. The van der Waals surface area contributed by atoms with Gasteiger partial charge in [0.05, 0.1) is 17.6 Å². The average Bonchev–Trinajstić information content (AvgIpc) is 3.22. The van der Waals surface area contributed by atoms with E-state index in [1.807, 2.05) is 43.3 Å². The fraction of sp³-hybridized carbons (Fsp3) is 0.0909. The van der Waals surface area contributed by atoms with Crippen molar-refractivity contribution in [2.45, 2.75) is 6.92 Å². The normalized spacial score (nSPS) is 10.6. The molecule has 0 atom stereocenters. The predicted octanol–water partition coefficient (Wildman–Crippen LogP) is 3.52. The number of anilines is 1. The fourth-order valence-corrected chi connectivity index (χ4v) is 2.85. The van der Waals surface area contributed by atoms with Gasteiger partial charge in [0.15, 0.2) is 5.82 Å². The van der Waals surface area contributed by atoms with Crippen LogP contribution in [-0.4, -0.2) is 25.4 Å². The van der Waals surface area contributed by atoms with Crippen molar-refractivity contribution in [2.24, 2.45) is 7.05 Å². The highest BCUT2D eigenvalue weighted by molar-refractivity contribution is 6.01. The van der Waals surface area contributed by atoms with Crippen molar-refractivity contribution in [3.8, 4) is 22.9 Å². The van der Waals surface area contributed by atoms with E-state index in [9.17, 15) is 9.59 Å². The molecule has 0 saturated carbocycles. The van der Waals surface area contributed by atoms with Crippen LogP contribution in [0.15, 0.2) is 71.9 Å². The Hall–Kier alpha value is -4.20. The lowest BCUT2D eigenvalue weighted by Gasteiger charge is -2.07. The van der Waals surface area contributed by atoms with Gasteiger partial charge >= 0.3 is 0 Å². The Balaban J connectivity index is 1.51. The molecule has 0 spiro atoms. The van der Waals surface area contributed by atoms with Gasteiger partial charge in [0.25, 0.3) is 5.91 Å². The van der Waals surface area contributed by atoms with E-state index in [1.165, 1.54) is 10.6 Å². The first kappa shape index (κ1) is 19.1. The predicted molar refractivity (Wildman–Crippen MR) is 113 cm³/mol. The Morgan fingerprint density at radius 1 is 1.13 bits per heavy atom. The molecule has 30 heavy (non-hydrogen) atoms. The maximum Gasteiger partial charge on any atom is 0.291 e. The molecule has 0 saturated heterocycles. The lowest BCUT2D eigenvalue weighted by Crippen LogP contribution is -2.18. The largest absolute Gasteiger partial charge is 0.439 e. The van der Waals surface area contributed by atoms with Gasteiger partial charge in [0, 0.05) is 37.1 Å². The molecular formula is C22H19N5O3. The smallest absolute Gasteiger partial charge is 0.291 e. The minimum atomic E-state index is -0.406. The first-order valence-corrected chi connectivity index (χ1v) is 9.22. The molecule has 1 aromatic carbocycles. The number of aryl methyl sites for hydroxylation is 2. The summed E-state index contributed by atoms with van der Waals surface area (Å²) in [7, 11) is 1.62. The third-order valence-corrected chi connectivity index (χ3v) is 4.39. The van der Waals surface area contributed by atoms with Gasteiger partial charge in [-0.25, -0.2) is 9.97 Å². The van der Waals surface area contributed by atoms with E-state index < -0.39 is 5.91 Å². The molecule has 3 heterocycles. The highest BCUT2D eigenvalue weighted by Gasteiger charge is 2.12. The molecule has 0 fully saturated rings. The number of ether oxygens (including phenoxy) is 1. The van der Waals surface area contributed by atoms with Gasteiger partial charge in [0.2, 0.25) is 11.4 Å². The first-order chi connectivity index (χ1) is 14.5. The van der Waals surface area contributed by atoms with Crippen LogP contribution >= 0.6 is 0 Å². The molecule has 1 amide bonds. The topological polar surface area (TPSA) is 102 Å². The zero-order valence-electron chi connectivity index (χ0n) is 16.4. The molecule has 2 N–H and O–H groups in total. The summed E-state index contributed by atoms with van der Waals surface area (Å²) in [6.45, 7) is 1.97. The van der Waals surface area contributed by atoms with Gasteiger partial charge in [-0.15, -0.1) is 0 Å². The molecule has 0 aliphatic rings. The highest BCUT2D eigenvalue weighted by atomic mass is 16.5. The third kappa shape index (κ3) is 4.27. The number of amides is 1. The zero-order chi connectivity index (χ0) is 21.1. The van der Waals surface area contributed by atoms with Gasteiger partial charge in [-0.1, -0.05) is 12.1 Å².